The molecule has 2 rings (SSSR count). The SMILES string of the molecule is CC(C(=O)O)N(Cc1ccc(F)cc1)C1CC1. The van der Waals surface area contributed by atoms with Crippen molar-refractivity contribution in [3.63, 3.8) is 0 Å². The second-order valence-corrected chi connectivity index (χ2v) is 4.54. The van der Waals surface area contributed by atoms with Crippen LogP contribution >= 0.6 is 0 Å². The summed E-state index contributed by atoms with van der Waals surface area (Å²) in [6, 6.07) is 6.11. The Kier molecular flexibility index (Phi) is 3.43. The molecule has 0 aromatic heterocycles. The number of hydrogen-bond acceptors (Lipinski definition) is 2. The molecule has 0 aliphatic heterocycles. The topological polar surface area (TPSA) is 40.5 Å². The maximum absolute atomic E-state index is 12.8. The zero-order chi connectivity index (χ0) is 12.4. The van der Waals surface area contributed by atoms with Gasteiger partial charge in [-0.05, 0) is 37.5 Å². The predicted molar refractivity (Wildman–Crippen MR) is 62.1 cm³/mol. The van der Waals surface area contributed by atoms with Gasteiger partial charge in [-0.1, -0.05) is 12.1 Å². The van der Waals surface area contributed by atoms with E-state index in [1.807, 2.05) is 4.90 Å². The molecule has 3 nitrogen and oxygen atoms in total. The normalized spacial score (nSPS) is 17.1. The highest BCUT2D eigenvalue weighted by Gasteiger charge is 2.34. The van der Waals surface area contributed by atoms with Gasteiger partial charge in [0.05, 0.1) is 0 Å². The van der Waals surface area contributed by atoms with Gasteiger partial charge in [0.15, 0.2) is 0 Å². The first kappa shape index (κ1) is 12.0. The number of hydrogen-bond donors (Lipinski definition) is 1. The second-order valence-electron chi connectivity index (χ2n) is 4.54. The Balaban J connectivity index is 2.07. The smallest absolute Gasteiger partial charge is 0.320 e. The lowest BCUT2D eigenvalue weighted by Gasteiger charge is -2.26. The van der Waals surface area contributed by atoms with E-state index in [1.165, 1.54) is 12.1 Å². The van der Waals surface area contributed by atoms with Crippen molar-refractivity contribution in [2.24, 2.45) is 0 Å². The molecule has 0 amide bonds. The van der Waals surface area contributed by atoms with E-state index < -0.39 is 12.0 Å². The minimum atomic E-state index is -0.806. The third kappa shape index (κ3) is 3.03. The molecule has 1 aromatic rings. The highest BCUT2D eigenvalue weighted by atomic mass is 19.1. The molecule has 1 unspecified atom stereocenters. The van der Waals surface area contributed by atoms with Crippen LogP contribution in [-0.4, -0.2) is 28.1 Å². The molecule has 1 N–H and O–H groups in total. The van der Waals surface area contributed by atoms with Gasteiger partial charge in [-0.2, -0.15) is 0 Å². The van der Waals surface area contributed by atoms with Crippen molar-refractivity contribution in [1.29, 1.82) is 0 Å². The van der Waals surface area contributed by atoms with E-state index in [0.717, 1.165) is 18.4 Å². The van der Waals surface area contributed by atoms with Crippen LogP contribution in [0.25, 0.3) is 0 Å². The average Bonchev–Trinajstić information content (AvgIpc) is 3.11. The first-order valence-corrected chi connectivity index (χ1v) is 5.81. The molecule has 0 saturated heterocycles. The van der Waals surface area contributed by atoms with Crippen LogP contribution in [0.4, 0.5) is 4.39 Å². The third-order valence-corrected chi connectivity index (χ3v) is 3.15. The van der Waals surface area contributed by atoms with Crippen molar-refractivity contribution < 1.29 is 14.3 Å². The maximum Gasteiger partial charge on any atom is 0.320 e. The second kappa shape index (κ2) is 4.84. The number of carboxylic acid groups (broad SMARTS) is 1. The molecule has 17 heavy (non-hydrogen) atoms. The number of aliphatic carboxylic acids is 1. The van der Waals surface area contributed by atoms with E-state index in [0.29, 0.717) is 12.6 Å². The first-order chi connectivity index (χ1) is 8.08. The van der Waals surface area contributed by atoms with Crippen LogP contribution < -0.4 is 0 Å². The Morgan fingerprint density at radius 3 is 2.53 bits per heavy atom. The summed E-state index contributed by atoms with van der Waals surface area (Å²) < 4.78 is 12.8. The highest BCUT2D eigenvalue weighted by Crippen LogP contribution is 2.30. The number of benzene rings is 1. The van der Waals surface area contributed by atoms with Crippen LogP contribution in [0.3, 0.4) is 0 Å². The Morgan fingerprint density at radius 1 is 1.47 bits per heavy atom. The molecule has 92 valence electrons. The summed E-state index contributed by atoms with van der Waals surface area (Å²) >= 11 is 0. The number of carbonyl (C=O) groups is 1. The number of nitrogens with zero attached hydrogens (tertiary/aromatic N) is 1. The van der Waals surface area contributed by atoms with Crippen molar-refractivity contribution in [3.8, 4) is 0 Å². The average molecular weight is 237 g/mol. The van der Waals surface area contributed by atoms with Gasteiger partial charge in [-0.15, -0.1) is 0 Å². The van der Waals surface area contributed by atoms with Gasteiger partial charge in [0.25, 0.3) is 0 Å². The van der Waals surface area contributed by atoms with Crippen molar-refractivity contribution in [1.82, 2.24) is 4.90 Å². The minimum absolute atomic E-state index is 0.266. The lowest BCUT2D eigenvalue weighted by Crippen LogP contribution is -2.39. The van der Waals surface area contributed by atoms with E-state index >= 15 is 0 Å². The van der Waals surface area contributed by atoms with Gasteiger partial charge < -0.3 is 5.11 Å². The van der Waals surface area contributed by atoms with E-state index in [4.69, 9.17) is 5.11 Å². The molecule has 0 radical (unpaired) electrons. The summed E-state index contributed by atoms with van der Waals surface area (Å²) in [6.45, 7) is 2.27. The summed E-state index contributed by atoms with van der Waals surface area (Å²) in [5, 5.41) is 9.05. The fourth-order valence-corrected chi connectivity index (χ4v) is 1.93. The summed E-state index contributed by atoms with van der Waals surface area (Å²) in [5.74, 6) is -1.07. The van der Waals surface area contributed by atoms with E-state index in [-0.39, 0.29) is 5.82 Å². The van der Waals surface area contributed by atoms with Gasteiger partial charge in [0.2, 0.25) is 0 Å². The fraction of sp³-hybridized carbons (Fsp3) is 0.462. The summed E-state index contributed by atoms with van der Waals surface area (Å²) in [5.41, 5.74) is 0.950. The maximum atomic E-state index is 12.8. The Labute approximate surface area is 99.9 Å². The molecule has 1 aromatic carbocycles. The summed E-state index contributed by atoms with van der Waals surface area (Å²) in [4.78, 5) is 13.0. The van der Waals surface area contributed by atoms with E-state index in [2.05, 4.69) is 0 Å². The van der Waals surface area contributed by atoms with Crippen LogP contribution in [0.2, 0.25) is 0 Å². The van der Waals surface area contributed by atoms with Crippen molar-refractivity contribution >= 4 is 5.97 Å². The van der Waals surface area contributed by atoms with Crippen LogP contribution in [0, 0.1) is 5.82 Å². The minimum Gasteiger partial charge on any atom is -0.480 e. The zero-order valence-corrected chi connectivity index (χ0v) is 9.77. The molecular weight excluding hydrogens is 221 g/mol. The van der Waals surface area contributed by atoms with Gasteiger partial charge in [0.1, 0.15) is 11.9 Å². The largest absolute Gasteiger partial charge is 0.480 e. The molecule has 0 spiro atoms. The standard InChI is InChI=1S/C13H16FNO2/c1-9(13(16)17)15(12-6-7-12)8-10-2-4-11(14)5-3-10/h2-5,9,12H,6-8H2,1H3,(H,16,17). The van der Waals surface area contributed by atoms with Crippen molar-refractivity contribution in [3.05, 3.63) is 35.6 Å². The summed E-state index contributed by atoms with van der Waals surface area (Å²) in [6.07, 6.45) is 2.11. The van der Waals surface area contributed by atoms with Gasteiger partial charge >= 0.3 is 5.97 Å². The molecule has 4 heteroatoms. The Hall–Kier alpha value is -1.42. The molecule has 1 aliphatic carbocycles. The molecule has 1 aliphatic rings. The number of carboxylic acids is 1. The quantitative estimate of drug-likeness (QED) is 0.854. The van der Waals surface area contributed by atoms with Crippen molar-refractivity contribution in [2.75, 3.05) is 0 Å². The number of halogens is 1. The monoisotopic (exact) mass is 237 g/mol. The fourth-order valence-electron chi connectivity index (χ4n) is 1.93. The van der Waals surface area contributed by atoms with Crippen LogP contribution in [-0.2, 0) is 11.3 Å². The van der Waals surface area contributed by atoms with Crippen LogP contribution in [0.1, 0.15) is 25.3 Å². The zero-order valence-electron chi connectivity index (χ0n) is 9.77. The lowest BCUT2D eigenvalue weighted by molar-refractivity contribution is -0.143. The first-order valence-electron chi connectivity index (χ1n) is 5.81. The molecule has 0 bridgehead atoms. The Morgan fingerprint density at radius 2 is 2.06 bits per heavy atom. The molecule has 0 heterocycles. The molecule has 1 saturated carbocycles. The molecular formula is C13H16FNO2. The van der Waals surface area contributed by atoms with Crippen LogP contribution in [0.15, 0.2) is 24.3 Å². The van der Waals surface area contributed by atoms with Gasteiger partial charge in [0, 0.05) is 12.6 Å². The van der Waals surface area contributed by atoms with E-state index in [9.17, 15) is 9.18 Å². The number of rotatable bonds is 5. The Bertz CT molecular complexity index is 400. The van der Waals surface area contributed by atoms with E-state index in [1.54, 1.807) is 19.1 Å². The van der Waals surface area contributed by atoms with Gasteiger partial charge in [-0.25, -0.2) is 4.39 Å². The van der Waals surface area contributed by atoms with Crippen LogP contribution in [0.5, 0.6) is 0 Å². The van der Waals surface area contributed by atoms with Gasteiger partial charge in [-0.3, -0.25) is 9.69 Å². The third-order valence-electron chi connectivity index (χ3n) is 3.15. The molecule has 1 fully saturated rings. The highest BCUT2D eigenvalue weighted by molar-refractivity contribution is 5.73. The molecule has 1 atom stereocenters. The van der Waals surface area contributed by atoms with Crippen molar-refractivity contribution in [2.45, 2.75) is 38.4 Å². The predicted octanol–water partition coefficient (Wildman–Crippen LogP) is 2.26. The summed E-state index contributed by atoms with van der Waals surface area (Å²) in [7, 11) is 0. The lowest BCUT2D eigenvalue weighted by atomic mass is 10.1.